The number of nitrogens with one attached hydrogen (secondary N) is 1. The largest absolute Gasteiger partial charge is 0.315 e. The average Bonchev–Trinajstić information content (AvgIpc) is 2.72. The van der Waals surface area contributed by atoms with E-state index in [2.05, 4.69) is 10.2 Å². The summed E-state index contributed by atoms with van der Waals surface area (Å²) in [4.78, 5) is 2.71. The Morgan fingerprint density at radius 3 is 2.54 bits per heavy atom. The van der Waals surface area contributed by atoms with Crippen LogP contribution in [0.1, 0.15) is 32.1 Å². The highest BCUT2D eigenvalue weighted by Gasteiger charge is 2.46. The van der Waals surface area contributed by atoms with Gasteiger partial charge in [0.2, 0.25) is 0 Å². The number of hydrogen-bond donors (Lipinski definition) is 1. The highest BCUT2D eigenvalue weighted by molar-refractivity contribution is 5.01. The second kappa shape index (κ2) is 2.96. The minimum absolute atomic E-state index is 0.794. The molecular weight excluding hydrogens is 160 g/mol. The smallest absolute Gasteiger partial charge is 0.0233 e. The minimum atomic E-state index is 0.794. The highest BCUT2D eigenvalue weighted by Crippen LogP contribution is 2.46. The van der Waals surface area contributed by atoms with E-state index in [-0.39, 0.29) is 0 Å². The molecule has 1 atom stereocenters. The van der Waals surface area contributed by atoms with E-state index in [4.69, 9.17) is 0 Å². The molecule has 1 aliphatic carbocycles. The molecule has 2 aliphatic heterocycles. The molecule has 1 spiro atoms. The van der Waals surface area contributed by atoms with Gasteiger partial charge in [-0.1, -0.05) is 12.8 Å². The van der Waals surface area contributed by atoms with Crippen molar-refractivity contribution in [3.05, 3.63) is 0 Å². The summed E-state index contributed by atoms with van der Waals surface area (Å²) in [7, 11) is 0. The van der Waals surface area contributed by atoms with E-state index in [1.165, 1.54) is 58.3 Å². The first-order valence-corrected chi connectivity index (χ1v) is 5.83. The maximum absolute atomic E-state index is 3.46. The van der Waals surface area contributed by atoms with Crippen LogP contribution in [-0.4, -0.2) is 37.1 Å². The van der Waals surface area contributed by atoms with Gasteiger partial charge in [-0.05, 0) is 31.2 Å². The third-order valence-corrected chi connectivity index (χ3v) is 4.29. The van der Waals surface area contributed by atoms with Crippen LogP contribution in [0.25, 0.3) is 0 Å². The molecule has 0 bridgehead atoms. The molecule has 2 heterocycles. The fraction of sp³-hybridized carbons (Fsp3) is 1.00. The van der Waals surface area contributed by atoms with Gasteiger partial charge in [0.1, 0.15) is 0 Å². The van der Waals surface area contributed by atoms with Gasteiger partial charge in [-0.2, -0.15) is 0 Å². The lowest BCUT2D eigenvalue weighted by Crippen LogP contribution is -2.59. The van der Waals surface area contributed by atoms with Gasteiger partial charge < -0.3 is 5.32 Å². The Morgan fingerprint density at radius 1 is 1.15 bits per heavy atom. The summed E-state index contributed by atoms with van der Waals surface area (Å²) < 4.78 is 0. The summed E-state index contributed by atoms with van der Waals surface area (Å²) in [6, 6.07) is 0.881. The first-order valence-electron chi connectivity index (χ1n) is 5.83. The fourth-order valence-corrected chi connectivity index (χ4v) is 3.47. The highest BCUT2D eigenvalue weighted by atomic mass is 15.3. The van der Waals surface area contributed by atoms with Crippen molar-refractivity contribution in [1.29, 1.82) is 0 Å². The molecule has 1 unspecified atom stereocenters. The summed E-state index contributed by atoms with van der Waals surface area (Å²) in [5.74, 6) is 0. The molecule has 0 radical (unpaired) electrons. The zero-order chi connectivity index (χ0) is 8.73. The number of likely N-dealkylation sites (tertiary alicyclic amines) is 1. The molecule has 3 fully saturated rings. The number of hydrogen-bond acceptors (Lipinski definition) is 2. The van der Waals surface area contributed by atoms with E-state index in [1.807, 2.05) is 0 Å². The Bertz CT molecular complexity index is 182. The van der Waals surface area contributed by atoms with Crippen molar-refractivity contribution in [3.8, 4) is 0 Å². The van der Waals surface area contributed by atoms with Crippen LogP contribution in [0.3, 0.4) is 0 Å². The van der Waals surface area contributed by atoms with Gasteiger partial charge in [-0.15, -0.1) is 0 Å². The molecule has 1 saturated carbocycles. The van der Waals surface area contributed by atoms with Crippen molar-refractivity contribution in [1.82, 2.24) is 10.2 Å². The van der Waals surface area contributed by atoms with Crippen molar-refractivity contribution in [3.63, 3.8) is 0 Å². The van der Waals surface area contributed by atoms with Gasteiger partial charge in [0.25, 0.3) is 0 Å². The van der Waals surface area contributed by atoms with E-state index in [9.17, 15) is 0 Å². The Kier molecular flexibility index (Phi) is 1.88. The fourth-order valence-electron chi connectivity index (χ4n) is 3.47. The third-order valence-electron chi connectivity index (χ3n) is 4.29. The van der Waals surface area contributed by atoms with Crippen molar-refractivity contribution in [2.75, 3.05) is 26.2 Å². The van der Waals surface area contributed by atoms with Gasteiger partial charge in [-0.3, -0.25) is 4.90 Å². The van der Waals surface area contributed by atoms with Crippen molar-refractivity contribution in [2.45, 2.75) is 38.1 Å². The zero-order valence-electron chi connectivity index (χ0n) is 8.39. The van der Waals surface area contributed by atoms with Crippen LogP contribution < -0.4 is 5.32 Å². The standard InChI is InChI=1S/C11H20N2/c1-2-5-11(4-1)8-13(9-11)10-3-6-12-7-10/h10,12H,1-9H2. The van der Waals surface area contributed by atoms with Crippen LogP contribution in [0.2, 0.25) is 0 Å². The first kappa shape index (κ1) is 8.25. The molecule has 13 heavy (non-hydrogen) atoms. The molecule has 3 aliphatic rings. The average molecular weight is 180 g/mol. The predicted molar refractivity (Wildman–Crippen MR) is 53.7 cm³/mol. The lowest BCUT2D eigenvalue weighted by atomic mass is 9.77. The quantitative estimate of drug-likeness (QED) is 0.653. The SMILES string of the molecule is C1CCC2(C1)CN(C1CCNC1)C2. The molecule has 0 aromatic heterocycles. The number of rotatable bonds is 1. The molecule has 2 nitrogen and oxygen atoms in total. The Labute approximate surface area is 80.7 Å². The summed E-state index contributed by atoms with van der Waals surface area (Å²) >= 11 is 0. The second-order valence-corrected chi connectivity index (χ2v) is 5.26. The predicted octanol–water partition coefficient (Wildman–Crippen LogP) is 1.22. The molecule has 1 N–H and O–H groups in total. The molecule has 2 saturated heterocycles. The van der Waals surface area contributed by atoms with E-state index in [0.717, 1.165) is 11.5 Å². The normalized spacial score (nSPS) is 38.3. The van der Waals surface area contributed by atoms with Gasteiger partial charge in [0, 0.05) is 25.7 Å². The minimum Gasteiger partial charge on any atom is -0.315 e. The first-order chi connectivity index (χ1) is 6.38. The van der Waals surface area contributed by atoms with Crippen LogP contribution in [0, 0.1) is 5.41 Å². The van der Waals surface area contributed by atoms with E-state index >= 15 is 0 Å². The van der Waals surface area contributed by atoms with Gasteiger partial charge in [0.15, 0.2) is 0 Å². The molecule has 74 valence electrons. The second-order valence-electron chi connectivity index (χ2n) is 5.26. The molecule has 2 heteroatoms. The summed E-state index contributed by atoms with van der Waals surface area (Å²) in [5.41, 5.74) is 0.794. The Morgan fingerprint density at radius 2 is 1.92 bits per heavy atom. The van der Waals surface area contributed by atoms with Gasteiger partial charge in [-0.25, -0.2) is 0 Å². The lowest BCUT2D eigenvalue weighted by Gasteiger charge is -2.51. The van der Waals surface area contributed by atoms with Crippen molar-refractivity contribution >= 4 is 0 Å². The summed E-state index contributed by atoms with van der Waals surface area (Å²) in [6.45, 7) is 5.32. The monoisotopic (exact) mass is 180 g/mol. The van der Waals surface area contributed by atoms with Crippen LogP contribution in [0.5, 0.6) is 0 Å². The molecule has 0 amide bonds. The molecule has 0 aromatic carbocycles. The lowest BCUT2D eigenvalue weighted by molar-refractivity contribution is -0.0211. The van der Waals surface area contributed by atoms with Crippen molar-refractivity contribution in [2.24, 2.45) is 5.41 Å². The third kappa shape index (κ3) is 1.31. The summed E-state index contributed by atoms with van der Waals surface area (Å²) in [6.07, 6.45) is 7.41. The molecule has 3 rings (SSSR count). The van der Waals surface area contributed by atoms with E-state index in [1.54, 1.807) is 0 Å². The maximum atomic E-state index is 3.46. The van der Waals surface area contributed by atoms with Crippen LogP contribution in [0.4, 0.5) is 0 Å². The Hall–Kier alpha value is -0.0800. The van der Waals surface area contributed by atoms with Gasteiger partial charge in [0.05, 0.1) is 0 Å². The van der Waals surface area contributed by atoms with Crippen LogP contribution in [0.15, 0.2) is 0 Å². The Balaban J connectivity index is 1.55. The number of nitrogens with zero attached hydrogens (tertiary/aromatic N) is 1. The summed E-state index contributed by atoms with van der Waals surface area (Å²) in [5, 5.41) is 3.46. The van der Waals surface area contributed by atoms with E-state index < -0.39 is 0 Å². The maximum Gasteiger partial charge on any atom is 0.0233 e. The van der Waals surface area contributed by atoms with Crippen LogP contribution >= 0.6 is 0 Å². The topological polar surface area (TPSA) is 15.3 Å². The molecular formula is C11H20N2. The van der Waals surface area contributed by atoms with Crippen molar-refractivity contribution < 1.29 is 0 Å². The van der Waals surface area contributed by atoms with Gasteiger partial charge >= 0.3 is 0 Å². The van der Waals surface area contributed by atoms with Crippen LogP contribution in [-0.2, 0) is 0 Å². The van der Waals surface area contributed by atoms with E-state index in [0.29, 0.717) is 0 Å². The zero-order valence-corrected chi connectivity index (χ0v) is 8.39. The molecule has 0 aromatic rings.